The maximum absolute atomic E-state index is 13.0. The number of carbonyl (C=O) groups is 6. The molecule has 200 valence electrons. The van der Waals surface area contributed by atoms with Crippen LogP contribution in [-0.4, -0.2) is 69.9 Å². The second kappa shape index (κ2) is 15.6. The first kappa shape index (κ1) is 31.8. The number of aliphatic carboxylic acids is 2. The van der Waals surface area contributed by atoms with E-state index in [4.69, 9.17) is 16.6 Å². The highest BCUT2D eigenvalue weighted by Crippen LogP contribution is 2.11. The Balaban J connectivity index is 5.60. The Bertz CT molecular complexity index is 773. The van der Waals surface area contributed by atoms with Crippen LogP contribution in [0.5, 0.6) is 0 Å². The summed E-state index contributed by atoms with van der Waals surface area (Å²) in [7, 11) is 0. The first-order valence-electron chi connectivity index (χ1n) is 11.6. The van der Waals surface area contributed by atoms with Crippen LogP contribution in [0.1, 0.15) is 66.2 Å². The highest BCUT2D eigenvalue weighted by molar-refractivity contribution is 5.94. The van der Waals surface area contributed by atoms with Crippen molar-refractivity contribution in [1.82, 2.24) is 16.0 Å². The molecule has 0 aromatic rings. The number of carboxylic acids is 2. The smallest absolute Gasteiger partial charge is 0.326 e. The number of hydrogen-bond donors (Lipinski definition) is 7. The number of rotatable bonds is 17. The Morgan fingerprint density at radius 1 is 0.800 bits per heavy atom. The van der Waals surface area contributed by atoms with Crippen LogP contribution in [0, 0.1) is 11.8 Å². The van der Waals surface area contributed by atoms with E-state index in [1.807, 2.05) is 0 Å². The average molecular weight is 502 g/mol. The maximum atomic E-state index is 13.0. The molecule has 35 heavy (non-hydrogen) atoms. The quantitative estimate of drug-likeness (QED) is 0.130. The number of primary amides is 1. The van der Waals surface area contributed by atoms with Crippen molar-refractivity contribution in [2.75, 3.05) is 0 Å². The van der Waals surface area contributed by atoms with Gasteiger partial charge in [-0.15, -0.1) is 0 Å². The molecule has 0 spiro atoms. The largest absolute Gasteiger partial charge is 0.481 e. The lowest BCUT2D eigenvalue weighted by molar-refractivity contribution is -0.144. The fourth-order valence-corrected chi connectivity index (χ4v) is 3.16. The average Bonchev–Trinajstić information content (AvgIpc) is 2.76. The molecule has 5 unspecified atom stereocenters. The molecule has 0 aliphatic carbocycles. The third kappa shape index (κ3) is 12.7. The van der Waals surface area contributed by atoms with Crippen LogP contribution in [-0.2, 0) is 28.8 Å². The molecule has 0 aliphatic heterocycles. The highest BCUT2D eigenvalue weighted by atomic mass is 16.4. The van der Waals surface area contributed by atoms with Crippen LogP contribution in [0.4, 0.5) is 0 Å². The van der Waals surface area contributed by atoms with E-state index in [9.17, 15) is 33.9 Å². The van der Waals surface area contributed by atoms with Crippen molar-refractivity contribution in [3.05, 3.63) is 0 Å². The van der Waals surface area contributed by atoms with Gasteiger partial charge >= 0.3 is 11.9 Å². The summed E-state index contributed by atoms with van der Waals surface area (Å²) in [6, 6.07) is -4.78. The predicted octanol–water partition coefficient (Wildman–Crippen LogP) is -0.925. The van der Waals surface area contributed by atoms with Crippen molar-refractivity contribution in [3.8, 4) is 0 Å². The van der Waals surface area contributed by atoms with Gasteiger partial charge in [-0.2, -0.15) is 0 Å². The molecule has 0 heterocycles. The molecule has 13 heteroatoms. The van der Waals surface area contributed by atoms with E-state index < -0.39 is 72.1 Å². The molecule has 0 bridgehead atoms. The van der Waals surface area contributed by atoms with Crippen LogP contribution in [0.2, 0.25) is 0 Å². The summed E-state index contributed by atoms with van der Waals surface area (Å²) >= 11 is 0. The van der Waals surface area contributed by atoms with Crippen molar-refractivity contribution in [2.24, 2.45) is 23.3 Å². The summed E-state index contributed by atoms with van der Waals surface area (Å²) in [5.41, 5.74) is 10.8. The summed E-state index contributed by atoms with van der Waals surface area (Å²) in [5.74, 6) is -5.86. The minimum Gasteiger partial charge on any atom is -0.481 e. The Morgan fingerprint density at radius 2 is 1.34 bits per heavy atom. The molecule has 0 aromatic heterocycles. The molecule has 0 saturated carbocycles. The second-order valence-corrected chi connectivity index (χ2v) is 9.01. The SMILES string of the molecule is CCC(C)C(NC(=O)C(CCC(=O)O)NC(=O)C(CC(C)C)NC(=O)C(N)CCC(N)=O)C(=O)O. The van der Waals surface area contributed by atoms with E-state index in [1.54, 1.807) is 27.7 Å². The molecular weight excluding hydrogens is 462 g/mol. The predicted molar refractivity (Wildman–Crippen MR) is 126 cm³/mol. The Labute approximate surface area is 204 Å². The maximum Gasteiger partial charge on any atom is 0.326 e. The third-order valence-electron chi connectivity index (χ3n) is 5.44. The van der Waals surface area contributed by atoms with Crippen LogP contribution in [0.3, 0.4) is 0 Å². The van der Waals surface area contributed by atoms with Crippen molar-refractivity contribution < 1.29 is 39.0 Å². The van der Waals surface area contributed by atoms with Gasteiger partial charge in [0, 0.05) is 12.8 Å². The number of carbonyl (C=O) groups excluding carboxylic acids is 4. The van der Waals surface area contributed by atoms with Crippen LogP contribution >= 0.6 is 0 Å². The number of amides is 4. The Kier molecular flexibility index (Phi) is 14.2. The molecule has 9 N–H and O–H groups in total. The fraction of sp³-hybridized carbons (Fsp3) is 0.727. The van der Waals surface area contributed by atoms with Gasteiger partial charge in [-0.05, 0) is 31.1 Å². The normalized spacial score (nSPS) is 15.3. The van der Waals surface area contributed by atoms with Crippen LogP contribution < -0.4 is 27.4 Å². The minimum atomic E-state index is -1.35. The summed E-state index contributed by atoms with van der Waals surface area (Å²) in [4.78, 5) is 71.8. The van der Waals surface area contributed by atoms with Gasteiger partial charge in [-0.25, -0.2) is 4.79 Å². The number of carboxylic acid groups (broad SMARTS) is 2. The van der Waals surface area contributed by atoms with Crippen molar-refractivity contribution in [2.45, 2.75) is 90.4 Å². The highest BCUT2D eigenvalue weighted by Gasteiger charge is 2.32. The monoisotopic (exact) mass is 501 g/mol. The van der Waals surface area contributed by atoms with E-state index in [2.05, 4.69) is 16.0 Å². The van der Waals surface area contributed by atoms with E-state index in [0.717, 1.165) is 0 Å². The number of nitrogens with two attached hydrogens (primary N) is 2. The molecule has 0 aliphatic rings. The second-order valence-electron chi connectivity index (χ2n) is 9.01. The lowest BCUT2D eigenvalue weighted by atomic mass is 9.98. The summed E-state index contributed by atoms with van der Waals surface area (Å²) in [6.07, 6.45) is -0.250. The van der Waals surface area contributed by atoms with E-state index >= 15 is 0 Å². The Hall–Kier alpha value is -3.22. The Morgan fingerprint density at radius 3 is 1.80 bits per heavy atom. The van der Waals surface area contributed by atoms with Gasteiger partial charge in [0.15, 0.2) is 0 Å². The van der Waals surface area contributed by atoms with Gasteiger partial charge in [-0.3, -0.25) is 24.0 Å². The standard InChI is InChI=1S/C22H39N5O8/c1-5-12(4)18(22(34)35)27-20(32)14(7-9-17(29)30)25-21(33)15(10-11(2)3)26-19(31)13(23)6-8-16(24)28/h11-15,18H,5-10,23H2,1-4H3,(H2,24,28)(H,25,33)(H,26,31)(H,27,32)(H,29,30)(H,34,35). The third-order valence-corrected chi connectivity index (χ3v) is 5.44. The minimum absolute atomic E-state index is 0.0208. The molecule has 0 fully saturated rings. The molecular formula is C22H39N5O8. The summed E-state index contributed by atoms with van der Waals surface area (Å²) in [6.45, 7) is 7.00. The first-order chi connectivity index (χ1) is 16.2. The lowest BCUT2D eigenvalue weighted by Crippen LogP contribution is -2.58. The van der Waals surface area contributed by atoms with Gasteiger partial charge < -0.3 is 37.6 Å². The van der Waals surface area contributed by atoms with Gasteiger partial charge in [0.2, 0.25) is 23.6 Å². The van der Waals surface area contributed by atoms with Gasteiger partial charge in [-0.1, -0.05) is 34.1 Å². The van der Waals surface area contributed by atoms with E-state index in [1.165, 1.54) is 0 Å². The van der Waals surface area contributed by atoms with Crippen LogP contribution in [0.15, 0.2) is 0 Å². The van der Waals surface area contributed by atoms with Gasteiger partial charge in [0.1, 0.15) is 18.1 Å². The van der Waals surface area contributed by atoms with Crippen molar-refractivity contribution >= 4 is 35.6 Å². The topological polar surface area (TPSA) is 231 Å². The lowest BCUT2D eigenvalue weighted by Gasteiger charge is -2.27. The fourth-order valence-electron chi connectivity index (χ4n) is 3.16. The van der Waals surface area contributed by atoms with Crippen molar-refractivity contribution in [1.29, 1.82) is 0 Å². The van der Waals surface area contributed by atoms with Crippen molar-refractivity contribution in [3.63, 3.8) is 0 Å². The van der Waals surface area contributed by atoms with E-state index in [0.29, 0.717) is 6.42 Å². The molecule has 4 amide bonds. The number of nitrogens with one attached hydrogen (secondary N) is 3. The number of hydrogen-bond acceptors (Lipinski definition) is 7. The molecule has 0 rings (SSSR count). The molecule has 0 radical (unpaired) electrons. The zero-order valence-electron chi connectivity index (χ0n) is 20.7. The van der Waals surface area contributed by atoms with Crippen LogP contribution in [0.25, 0.3) is 0 Å². The molecule has 0 saturated heterocycles. The zero-order chi connectivity index (χ0) is 27.3. The summed E-state index contributed by atoms with van der Waals surface area (Å²) < 4.78 is 0. The zero-order valence-corrected chi connectivity index (χ0v) is 20.7. The van der Waals surface area contributed by atoms with Gasteiger partial charge in [0.05, 0.1) is 6.04 Å². The molecule has 0 aromatic carbocycles. The first-order valence-corrected chi connectivity index (χ1v) is 11.6. The van der Waals surface area contributed by atoms with Gasteiger partial charge in [0.25, 0.3) is 0 Å². The van der Waals surface area contributed by atoms with E-state index in [-0.39, 0.29) is 31.6 Å². The molecule has 5 atom stereocenters. The molecule has 13 nitrogen and oxygen atoms in total. The summed E-state index contributed by atoms with van der Waals surface area (Å²) in [5, 5.41) is 25.8.